The maximum absolute atomic E-state index is 13.9. The first-order chi connectivity index (χ1) is 15.5. The molecule has 0 radical (unpaired) electrons. The lowest BCUT2D eigenvalue weighted by Gasteiger charge is -2.28. The number of nitrogens with zero attached hydrogens (tertiary/aromatic N) is 6. The third-order valence-electron chi connectivity index (χ3n) is 6.98. The van der Waals surface area contributed by atoms with Crippen molar-refractivity contribution in [2.45, 2.75) is 45.3 Å². The number of amides is 1. The molecule has 0 bridgehead atoms. The van der Waals surface area contributed by atoms with Crippen LogP contribution in [0.3, 0.4) is 0 Å². The Kier molecular flexibility index (Phi) is 5.51. The molecule has 2 aliphatic heterocycles. The Hall–Kier alpha value is -3.06. The van der Waals surface area contributed by atoms with Gasteiger partial charge in [0.1, 0.15) is 0 Å². The van der Waals surface area contributed by atoms with Crippen LogP contribution in [0.2, 0.25) is 0 Å². The van der Waals surface area contributed by atoms with Crippen LogP contribution in [0.15, 0.2) is 61.6 Å². The van der Waals surface area contributed by atoms with Gasteiger partial charge in [-0.2, -0.15) is 0 Å². The van der Waals surface area contributed by atoms with E-state index >= 15 is 0 Å². The third kappa shape index (κ3) is 3.81. The quantitative estimate of drug-likeness (QED) is 0.600. The Morgan fingerprint density at radius 1 is 1.09 bits per heavy atom. The number of hydrogen-bond acceptors (Lipinski definition) is 5. The summed E-state index contributed by atoms with van der Waals surface area (Å²) in [6.07, 6.45) is 12.2. The Morgan fingerprint density at radius 2 is 1.94 bits per heavy atom. The summed E-state index contributed by atoms with van der Waals surface area (Å²) in [5, 5.41) is 0. The minimum absolute atomic E-state index is 0.0918. The molecule has 0 aromatic carbocycles. The van der Waals surface area contributed by atoms with Crippen molar-refractivity contribution < 1.29 is 4.79 Å². The van der Waals surface area contributed by atoms with Crippen molar-refractivity contribution in [2.75, 3.05) is 19.6 Å². The molecule has 0 unspecified atom stereocenters. The summed E-state index contributed by atoms with van der Waals surface area (Å²) in [4.78, 5) is 31.5. The van der Waals surface area contributed by atoms with Gasteiger partial charge in [0, 0.05) is 75.7 Å². The molecule has 1 amide bonds. The van der Waals surface area contributed by atoms with Gasteiger partial charge < -0.3 is 9.47 Å². The molecule has 0 saturated carbocycles. The molecule has 32 heavy (non-hydrogen) atoms. The van der Waals surface area contributed by atoms with Crippen molar-refractivity contribution >= 4 is 5.91 Å². The van der Waals surface area contributed by atoms with Crippen LogP contribution in [-0.4, -0.2) is 54.9 Å². The number of aromatic nitrogens is 4. The van der Waals surface area contributed by atoms with Crippen molar-refractivity contribution in [1.29, 1.82) is 0 Å². The first kappa shape index (κ1) is 20.8. The lowest BCUT2D eigenvalue weighted by molar-refractivity contribution is -0.136. The van der Waals surface area contributed by atoms with Gasteiger partial charge >= 0.3 is 0 Å². The molecule has 166 valence electrons. The van der Waals surface area contributed by atoms with Gasteiger partial charge in [-0.1, -0.05) is 6.07 Å². The van der Waals surface area contributed by atoms with Crippen LogP contribution < -0.4 is 0 Å². The standard InChI is InChI=1S/C25H30N6O/c1-19(2)31-16-23(28-18-31)22-15-29(13-21-4-3-8-27-12-21)17-25(22)7-11-30(24(25)32)14-20-5-9-26-10-6-20/h3-6,8-10,12,16,18-19,22H,7,11,13-15,17H2,1-2H3/t22-,25+/m0/s1. The predicted molar refractivity (Wildman–Crippen MR) is 122 cm³/mol. The molecule has 7 heteroatoms. The zero-order chi connectivity index (χ0) is 22.1. The van der Waals surface area contributed by atoms with E-state index in [-0.39, 0.29) is 11.8 Å². The van der Waals surface area contributed by atoms with Gasteiger partial charge in [0.25, 0.3) is 0 Å². The highest BCUT2D eigenvalue weighted by atomic mass is 16.2. The average Bonchev–Trinajstić information content (AvgIpc) is 3.50. The van der Waals surface area contributed by atoms with Gasteiger partial charge in [0.15, 0.2) is 0 Å². The van der Waals surface area contributed by atoms with Gasteiger partial charge in [-0.05, 0) is 49.6 Å². The molecule has 1 spiro atoms. The fourth-order valence-corrected chi connectivity index (χ4v) is 5.26. The number of likely N-dealkylation sites (tertiary alicyclic amines) is 2. The Balaban J connectivity index is 1.43. The highest BCUT2D eigenvalue weighted by Gasteiger charge is 2.57. The molecule has 2 fully saturated rings. The van der Waals surface area contributed by atoms with Gasteiger partial charge in [-0.15, -0.1) is 0 Å². The van der Waals surface area contributed by atoms with E-state index < -0.39 is 5.41 Å². The molecular formula is C25H30N6O. The van der Waals surface area contributed by atoms with Crippen LogP contribution in [0.25, 0.3) is 0 Å². The van der Waals surface area contributed by atoms with E-state index in [0.717, 1.165) is 43.9 Å². The largest absolute Gasteiger partial charge is 0.338 e. The number of carbonyl (C=O) groups excluding carboxylic acids is 1. The van der Waals surface area contributed by atoms with Crippen LogP contribution in [-0.2, 0) is 17.9 Å². The number of pyridine rings is 2. The van der Waals surface area contributed by atoms with E-state index in [1.807, 2.05) is 35.6 Å². The van der Waals surface area contributed by atoms with Crippen molar-refractivity contribution in [3.05, 3.63) is 78.4 Å². The Morgan fingerprint density at radius 3 is 2.66 bits per heavy atom. The third-order valence-corrected chi connectivity index (χ3v) is 6.98. The van der Waals surface area contributed by atoms with E-state index in [0.29, 0.717) is 12.6 Å². The first-order valence-corrected chi connectivity index (χ1v) is 11.4. The summed E-state index contributed by atoms with van der Waals surface area (Å²) < 4.78 is 2.14. The van der Waals surface area contributed by atoms with Crippen LogP contribution in [0, 0.1) is 5.41 Å². The zero-order valence-electron chi connectivity index (χ0n) is 18.8. The number of imidazole rings is 1. The molecule has 2 saturated heterocycles. The van der Waals surface area contributed by atoms with Crippen molar-refractivity contribution in [2.24, 2.45) is 5.41 Å². The topological polar surface area (TPSA) is 67.2 Å². The van der Waals surface area contributed by atoms with Crippen LogP contribution in [0.5, 0.6) is 0 Å². The van der Waals surface area contributed by atoms with E-state index in [1.54, 1.807) is 18.6 Å². The summed E-state index contributed by atoms with van der Waals surface area (Å²) in [5.74, 6) is 0.348. The monoisotopic (exact) mass is 430 g/mol. The van der Waals surface area contributed by atoms with Gasteiger partial charge in [-0.25, -0.2) is 4.98 Å². The van der Waals surface area contributed by atoms with E-state index in [4.69, 9.17) is 4.98 Å². The maximum atomic E-state index is 13.9. The fourth-order valence-electron chi connectivity index (χ4n) is 5.26. The summed E-state index contributed by atoms with van der Waals surface area (Å²) in [6, 6.07) is 8.40. The van der Waals surface area contributed by atoms with Crippen LogP contribution in [0.4, 0.5) is 0 Å². The lowest BCUT2D eigenvalue weighted by atomic mass is 9.75. The van der Waals surface area contributed by atoms with Crippen LogP contribution in [0.1, 0.15) is 49.0 Å². The molecule has 2 atom stereocenters. The van der Waals surface area contributed by atoms with E-state index in [2.05, 4.69) is 45.5 Å². The molecule has 2 aliphatic rings. The van der Waals surface area contributed by atoms with Gasteiger partial charge in [-0.3, -0.25) is 19.7 Å². The minimum atomic E-state index is -0.425. The SMILES string of the molecule is CC(C)n1cnc([C@@H]2CN(Cc3cccnc3)C[C@]23CCN(Cc2ccncc2)C3=O)c1. The molecule has 3 aromatic rings. The second kappa shape index (κ2) is 8.47. The van der Waals surface area contributed by atoms with Crippen LogP contribution >= 0.6 is 0 Å². The summed E-state index contributed by atoms with van der Waals surface area (Å²) in [6.45, 7) is 8.12. The van der Waals surface area contributed by atoms with Crippen molar-refractivity contribution in [1.82, 2.24) is 29.3 Å². The molecule has 5 rings (SSSR count). The second-order valence-electron chi connectivity index (χ2n) is 9.41. The molecule has 0 N–H and O–H groups in total. The minimum Gasteiger partial charge on any atom is -0.338 e. The number of carbonyl (C=O) groups is 1. The highest BCUT2D eigenvalue weighted by molar-refractivity contribution is 5.86. The molecule has 5 heterocycles. The summed E-state index contributed by atoms with van der Waals surface area (Å²) in [7, 11) is 0. The van der Waals surface area contributed by atoms with Crippen molar-refractivity contribution in [3.63, 3.8) is 0 Å². The second-order valence-corrected chi connectivity index (χ2v) is 9.41. The highest BCUT2D eigenvalue weighted by Crippen LogP contribution is 2.50. The van der Waals surface area contributed by atoms with Crippen molar-refractivity contribution in [3.8, 4) is 0 Å². The normalized spacial score (nSPS) is 23.7. The van der Waals surface area contributed by atoms with E-state index in [9.17, 15) is 4.79 Å². The predicted octanol–water partition coefficient (Wildman–Crippen LogP) is 3.27. The maximum Gasteiger partial charge on any atom is 0.231 e. The Bertz CT molecular complexity index is 1070. The number of rotatable bonds is 6. The van der Waals surface area contributed by atoms with Gasteiger partial charge in [0.05, 0.1) is 17.4 Å². The Labute approximate surface area is 189 Å². The molecule has 0 aliphatic carbocycles. The molecular weight excluding hydrogens is 400 g/mol. The lowest BCUT2D eigenvalue weighted by Crippen LogP contribution is -2.39. The first-order valence-electron chi connectivity index (χ1n) is 11.4. The van der Waals surface area contributed by atoms with Gasteiger partial charge in [0.2, 0.25) is 5.91 Å². The molecule has 3 aromatic heterocycles. The fraction of sp³-hybridized carbons (Fsp3) is 0.440. The molecule has 7 nitrogen and oxygen atoms in total. The smallest absolute Gasteiger partial charge is 0.231 e. The summed E-state index contributed by atoms with van der Waals surface area (Å²) >= 11 is 0. The number of hydrogen-bond donors (Lipinski definition) is 0. The zero-order valence-corrected chi connectivity index (χ0v) is 18.8. The summed E-state index contributed by atoms with van der Waals surface area (Å²) in [5.41, 5.74) is 2.91. The average molecular weight is 431 g/mol. The van der Waals surface area contributed by atoms with E-state index in [1.165, 1.54) is 5.56 Å².